The number of halogens is 1. The number of benzene rings is 1. The van der Waals surface area contributed by atoms with E-state index >= 15 is 0 Å². The molecule has 2 rings (SSSR count). The van der Waals surface area contributed by atoms with Crippen LogP contribution in [0.3, 0.4) is 0 Å². The van der Waals surface area contributed by atoms with E-state index in [-0.39, 0.29) is 18.9 Å². The third kappa shape index (κ3) is 3.27. The van der Waals surface area contributed by atoms with Gasteiger partial charge < -0.3 is 9.64 Å². The first-order valence-corrected chi connectivity index (χ1v) is 7.73. The molecule has 1 unspecified atom stereocenters. The predicted octanol–water partition coefficient (Wildman–Crippen LogP) is 1.66. The second-order valence-corrected chi connectivity index (χ2v) is 6.34. The van der Waals surface area contributed by atoms with Crippen LogP contribution in [0.15, 0.2) is 18.2 Å². The van der Waals surface area contributed by atoms with Gasteiger partial charge in [0.2, 0.25) is 5.91 Å². The van der Waals surface area contributed by atoms with Gasteiger partial charge in [0.1, 0.15) is 5.75 Å². The average molecular weight is 301 g/mol. The standard InChI is InChI=1S/C13H16FNO4S/c1-9-3-4-11(6-12(9)19-2)15-7-10(5-13(15)16)8-20(14,17)18/h3-4,6,10H,5,7-8H2,1-2H3. The summed E-state index contributed by atoms with van der Waals surface area (Å²) in [6.45, 7) is 2.08. The molecule has 0 spiro atoms. The minimum atomic E-state index is -4.56. The first kappa shape index (κ1) is 14.8. The summed E-state index contributed by atoms with van der Waals surface area (Å²) in [4.78, 5) is 13.4. The summed E-state index contributed by atoms with van der Waals surface area (Å²) in [5.74, 6) is -0.677. The van der Waals surface area contributed by atoms with Crippen molar-refractivity contribution in [2.45, 2.75) is 13.3 Å². The van der Waals surface area contributed by atoms with Crippen LogP contribution in [0.25, 0.3) is 0 Å². The Morgan fingerprint density at radius 1 is 1.45 bits per heavy atom. The van der Waals surface area contributed by atoms with Crippen molar-refractivity contribution in [3.8, 4) is 5.75 Å². The summed E-state index contributed by atoms with van der Waals surface area (Å²) in [5, 5.41) is 0. The van der Waals surface area contributed by atoms with E-state index in [1.165, 1.54) is 12.0 Å². The fourth-order valence-electron chi connectivity index (χ4n) is 2.40. The number of nitrogens with zero attached hydrogens (tertiary/aromatic N) is 1. The van der Waals surface area contributed by atoms with Gasteiger partial charge in [0.25, 0.3) is 0 Å². The number of hydrogen-bond acceptors (Lipinski definition) is 4. The Balaban J connectivity index is 2.20. The summed E-state index contributed by atoms with van der Waals surface area (Å²) in [5.41, 5.74) is 1.57. The van der Waals surface area contributed by atoms with Gasteiger partial charge in [-0.2, -0.15) is 8.42 Å². The van der Waals surface area contributed by atoms with Crippen molar-refractivity contribution in [1.82, 2.24) is 0 Å². The minimum absolute atomic E-state index is 0.0410. The second-order valence-electron chi connectivity index (χ2n) is 4.93. The zero-order valence-electron chi connectivity index (χ0n) is 11.3. The molecule has 7 heteroatoms. The third-order valence-electron chi connectivity index (χ3n) is 3.34. The molecule has 0 aliphatic carbocycles. The van der Waals surface area contributed by atoms with Gasteiger partial charge in [0.05, 0.1) is 12.9 Å². The Kier molecular flexibility index (Phi) is 3.99. The average Bonchev–Trinajstić information content (AvgIpc) is 2.68. The van der Waals surface area contributed by atoms with Crippen LogP contribution in [0.4, 0.5) is 9.57 Å². The third-order valence-corrected chi connectivity index (χ3v) is 4.21. The first-order valence-electron chi connectivity index (χ1n) is 6.17. The van der Waals surface area contributed by atoms with Crippen LogP contribution in [0, 0.1) is 12.8 Å². The van der Waals surface area contributed by atoms with Gasteiger partial charge in [-0.1, -0.05) is 6.07 Å². The van der Waals surface area contributed by atoms with Crippen LogP contribution in [-0.2, 0) is 15.0 Å². The van der Waals surface area contributed by atoms with Crippen molar-refractivity contribution >= 4 is 21.8 Å². The van der Waals surface area contributed by atoms with E-state index in [2.05, 4.69) is 0 Å². The Hall–Kier alpha value is -1.63. The highest BCUT2D eigenvalue weighted by atomic mass is 32.3. The molecule has 1 aromatic carbocycles. The molecule has 0 bridgehead atoms. The maximum atomic E-state index is 12.7. The summed E-state index contributed by atoms with van der Waals surface area (Å²) in [7, 11) is -3.02. The molecule has 110 valence electrons. The molecule has 20 heavy (non-hydrogen) atoms. The highest BCUT2D eigenvalue weighted by molar-refractivity contribution is 7.86. The Bertz CT molecular complexity index is 629. The van der Waals surface area contributed by atoms with Gasteiger partial charge >= 0.3 is 10.2 Å². The fourth-order valence-corrected chi connectivity index (χ4v) is 3.19. The molecule has 1 aromatic rings. The van der Waals surface area contributed by atoms with E-state index in [1.807, 2.05) is 13.0 Å². The van der Waals surface area contributed by atoms with Gasteiger partial charge in [-0.25, -0.2) is 0 Å². The van der Waals surface area contributed by atoms with Crippen molar-refractivity contribution in [3.05, 3.63) is 23.8 Å². The largest absolute Gasteiger partial charge is 0.496 e. The summed E-state index contributed by atoms with van der Waals surface area (Å²) in [6.07, 6.45) is 0.0410. The quantitative estimate of drug-likeness (QED) is 0.793. The van der Waals surface area contributed by atoms with E-state index in [4.69, 9.17) is 4.74 Å². The first-order chi connectivity index (χ1) is 9.30. The number of carbonyl (C=O) groups excluding carboxylic acids is 1. The molecule has 0 saturated carbocycles. The van der Waals surface area contributed by atoms with Crippen molar-refractivity contribution in [2.75, 3.05) is 24.3 Å². The van der Waals surface area contributed by atoms with Gasteiger partial charge in [0.15, 0.2) is 0 Å². The number of ether oxygens (including phenoxy) is 1. The zero-order chi connectivity index (χ0) is 14.9. The predicted molar refractivity (Wildman–Crippen MR) is 73.1 cm³/mol. The minimum Gasteiger partial charge on any atom is -0.496 e. The lowest BCUT2D eigenvalue weighted by Gasteiger charge is -2.18. The van der Waals surface area contributed by atoms with Crippen LogP contribution in [0.1, 0.15) is 12.0 Å². The normalized spacial score (nSPS) is 19.4. The van der Waals surface area contributed by atoms with Gasteiger partial charge in [-0.15, -0.1) is 3.89 Å². The molecule has 1 saturated heterocycles. The Morgan fingerprint density at radius 3 is 2.75 bits per heavy atom. The maximum Gasteiger partial charge on any atom is 0.302 e. The number of aryl methyl sites for hydroxylation is 1. The van der Waals surface area contributed by atoms with Crippen LogP contribution < -0.4 is 9.64 Å². The smallest absolute Gasteiger partial charge is 0.302 e. The monoisotopic (exact) mass is 301 g/mol. The van der Waals surface area contributed by atoms with Crippen molar-refractivity contribution in [2.24, 2.45) is 5.92 Å². The highest BCUT2D eigenvalue weighted by Crippen LogP contribution is 2.30. The summed E-state index contributed by atoms with van der Waals surface area (Å²) >= 11 is 0. The van der Waals surface area contributed by atoms with E-state index in [9.17, 15) is 17.1 Å². The zero-order valence-corrected chi connectivity index (χ0v) is 12.1. The van der Waals surface area contributed by atoms with E-state index in [1.54, 1.807) is 12.1 Å². The number of amides is 1. The molecule has 1 amide bonds. The lowest BCUT2D eigenvalue weighted by Crippen LogP contribution is -2.25. The second kappa shape index (κ2) is 5.40. The number of carbonyl (C=O) groups is 1. The number of anilines is 1. The summed E-state index contributed by atoms with van der Waals surface area (Å²) < 4.78 is 39.2. The molecule has 1 aliphatic rings. The summed E-state index contributed by atoms with van der Waals surface area (Å²) in [6, 6.07) is 5.31. The van der Waals surface area contributed by atoms with Gasteiger partial charge in [0, 0.05) is 30.6 Å². The fraction of sp³-hybridized carbons (Fsp3) is 0.462. The maximum absolute atomic E-state index is 12.7. The lowest BCUT2D eigenvalue weighted by molar-refractivity contribution is -0.117. The number of hydrogen-bond donors (Lipinski definition) is 0. The SMILES string of the molecule is COc1cc(N2CC(CS(=O)(=O)F)CC2=O)ccc1C. The topological polar surface area (TPSA) is 63.7 Å². The highest BCUT2D eigenvalue weighted by Gasteiger charge is 2.33. The molecule has 0 aromatic heterocycles. The van der Waals surface area contributed by atoms with Gasteiger partial charge in [-0.3, -0.25) is 4.79 Å². The van der Waals surface area contributed by atoms with E-state index < -0.39 is 21.9 Å². The van der Waals surface area contributed by atoms with E-state index in [0.717, 1.165) is 5.56 Å². The van der Waals surface area contributed by atoms with Crippen LogP contribution in [0.5, 0.6) is 5.75 Å². The molecule has 1 fully saturated rings. The van der Waals surface area contributed by atoms with E-state index in [0.29, 0.717) is 11.4 Å². The molecule has 5 nitrogen and oxygen atoms in total. The van der Waals surface area contributed by atoms with Crippen molar-refractivity contribution in [1.29, 1.82) is 0 Å². The molecule has 0 N–H and O–H groups in total. The lowest BCUT2D eigenvalue weighted by atomic mass is 10.1. The van der Waals surface area contributed by atoms with Crippen molar-refractivity contribution < 1.29 is 21.8 Å². The molecule has 1 atom stereocenters. The van der Waals surface area contributed by atoms with Crippen LogP contribution in [0.2, 0.25) is 0 Å². The molecular formula is C13H16FNO4S. The number of methoxy groups -OCH3 is 1. The molecule has 0 radical (unpaired) electrons. The number of rotatable bonds is 4. The van der Waals surface area contributed by atoms with Gasteiger partial charge in [-0.05, 0) is 18.6 Å². The van der Waals surface area contributed by atoms with Crippen LogP contribution in [-0.4, -0.2) is 33.7 Å². The molecule has 1 heterocycles. The Labute approximate surface area is 117 Å². The molecular weight excluding hydrogens is 285 g/mol. The van der Waals surface area contributed by atoms with Crippen LogP contribution >= 0.6 is 0 Å². The Morgan fingerprint density at radius 2 is 2.15 bits per heavy atom. The molecule has 1 aliphatic heterocycles. The van der Waals surface area contributed by atoms with Crippen molar-refractivity contribution in [3.63, 3.8) is 0 Å².